The van der Waals surface area contributed by atoms with E-state index >= 15 is 0 Å². The van der Waals surface area contributed by atoms with Crippen LogP contribution >= 0.6 is 0 Å². The Kier molecular flexibility index (Phi) is 4.38. The number of anilines is 1. The Morgan fingerprint density at radius 2 is 2.19 bits per heavy atom. The molecule has 0 radical (unpaired) electrons. The van der Waals surface area contributed by atoms with Crippen molar-refractivity contribution in [3.8, 4) is 0 Å². The lowest BCUT2D eigenvalue weighted by Crippen LogP contribution is -2.31. The smallest absolute Gasteiger partial charge is 0.255 e. The molecule has 166 valence electrons. The van der Waals surface area contributed by atoms with Crippen LogP contribution in [-0.2, 0) is 13.0 Å². The molecule has 1 saturated heterocycles. The van der Waals surface area contributed by atoms with Crippen LogP contribution in [0.5, 0.6) is 0 Å². The summed E-state index contributed by atoms with van der Waals surface area (Å²) in [4.78, 5) is 20.1. The summed E-state index contributed by atoms with van der Waals surface area (Å²) in [7, 11) is 0. The van der Waals surface area contributed by atoms with Crippen LogP contribution in [0.3, 0.4) is 0 Å². The van der Waals surface area contributed by atoms with E-state index in [-0.39, 0.29) is 11.9 Å². The molecule has 6 rings (SSSR count). The average molecular weight is 432 g/mol. The fourth-order valence-electron chi connectivity index (χ4n) is 5.55. The maximum atomic E-state index is 12.8. The molecular weight excluding hydrogens is 402 g/mol. The quantitative estimate of drug-likeness (QED) is 0.648. The lowest BCUT2D eigenvalue weighted by molar-refractivity contribution is 0.0936. The van der Waals surface area contributed by atoms with Crippen molar-refractivity contribution in [3.05, 3.63) is 58.3 Å². The molecule has 32 heavy (non-hydrogen) atoms. The van der Waals surface area contributed by atoms with Crippen molar-refractivity contribution < 1.29 is 4.79 Å². The van der Waals surface area contributed by atoms with E-state index in [9.17, 15) is 4.79 Å². The number of aryl methyl sites for hydroxylation is 2. The van der Waals surface area contributed by atoms with Crippen LogP contribution in [0.1, 0.15) is 64.4 Å². The monoisotopic (exact) mass is 431 g/mol. The van der Waals surface area contributed by atoms with Crippen molar-refractivity contribution >= 4 is 11.7 Å². The van der Waals surface area contributed by atoms with E-state index in [1.807, 2.05) is 17.8 Å². The molecule has 3 aromatic heterocycles. The zero-order valence-electron chi connectivity index (χ0n) is 18.8. The van der Waals surface area contributed by atoms with Gasteiger partial charge in [-0.05, 0) is 69.1 Å². The number of piperidine rings is 1. The molecule has 2 fully saturated rings. The molecule has 4 heterocycles. The van der Waals surface area contributed by atoms with Gasteiger partial charge in [-0.25, -0.2) is 4.98 Å². The van der Waals surface area contributed by atoms with E-state index in [1.54, 1.807) is 6.20 Å². The normalized spacial score (nSPS) is 25.7. The number of hydrogen-bond acceptors (Lipinski definition) is 5. The number of rotatable bonds is 5. The Labute approximate surface area is 187 Å². The molecule has 1 amide bonds. The molecule has 8 nitrogen and oxygen atoms in total. The first-order valence-electron chi connectivity index (χ1n) is 11.6. The maximum Gasteiger partial charge on any atom is 0.255 e. The minimum atomic E-state index is -0.110. The Bertz CT molecular complexity index is 1190. The maximum absolute atomic E-state index is 12.8. The topological polar surface area (TPSA) is 91.7 Å². The molecule has 3 aliphatic rings. The minimum absolute atomic E-state index is 0.0381. The van der Waals surface area contributed by atoms with E-state index in [0.29, 0.717) is 18.2 Å². The van der Waals surface area contributed by atoms with Crippen LogP contribution in [0.25, 0.3) is 0 Å². The summed E-state index contributed by atoms with van der Waals surface area (Å²) in [6.45, 7) is 8.13. The second kappa shape index (κ2) is 7.18. The lowest BCUT2D eigenvalue weighted by Gasteiger charge is -2.26. The molecule has 8 heteroatoms. The number of pyridine rings is 1. The van der Waals surface area contributed by atoms with Crippen LogP contribution in [0, 0.1) is 25.7 Å². The van der Waals surface area contributed by atoms with Crippen molar-refractivity contribution in [2.75, 3.05) is 11.4 Å². The first-order valence-corrected chi connectivity index (χ1v) is 11.6. The Morgan fingerprint density at radius 3 is 2.97 bits per heavy atom. The van der Waals surface area contributed by atoms with Gasteiger partial charge in [-0.1, -0.05) is 6.07 Å². The molecule has 0 bridgehead atoms. The zero-order chi connectivity index (χ0) is 22.0. The molecule has 4 atom stereocenters. The Morgan fingerprint density at radius 1 is 1.31 bits per heavy atom. The predicted molar refractivity (Wildman–Crippen MR) is 121 cm³/mol. The SMILES string of the molecule is Cc1nc(N2CC3CC3C2C)ccc1Cn1cc(C(=O)N[C@@H]2CCc3c2n[nH]c3C)cn1. The standard InChI is InChI=1S/C24H29N7O/c1-13-16(4-7-22(26-13)31-12-17-8-20(17)15(31)3)10-30-11-18(9-25-30)24(32)27-21-6-5-19-14(2)28-29-23(19)21/h4,7,9,11,15,17,20-21H,5-6,8,10,12H2,1-3H3,(H,27,32)(H,28,29)/t15?,17?,20?,21-/m1/s1. The third-order valence-electron chi connectivity index (χ3n) is 7.65. The van der Waals surface area contributed by atoms with Crippen LogP contribution in [0.4, 0.5) is 5.82 Å². The van der Waals surface area contributed by atoms with E-state index < -0.39 is 0 Å². The van der Waals surface area contributed by atoms with Gasteiger partial charge in [0, 0.05) is 30.2 Å². The van der Waals surface area contributed by atoms with Crippen molar-refractivity contribution in [1.82, 2.24) is 30.3 Å². The molecule has 3 aromatic rings. The highest BCUT2D eigenvalue weighted by Crippen LogP contribution is 2.50. The van der Waals surface area contributed by atoms with Gasteiger partial charge in [-0.2, -0.15) is 10.2 Å². The second-order valence-electron chi connectivity index (χ2n) is 9.67. The number of fused-ring (bicyclic) bond motifs is 2. The summed E-state index contributed by atoms with van der Waals surface area (Å²) in [6.07, 6.45) is 6.66. The fraction of sp³-hybridized carbons (Fsp3) is 0.500. The van der Waals surface area contributed by atoms with Gasteiger partial charge in [-0.3, -0.25) is 14.6 Å². The van der Waals surface area contributed by atoms with Gasteiger partial charge in [0.15, 0.2) is 0 Å². The van der Waals surface area contributed by atoms with Crippen molar-refractivity contribution in [1.29, 1.82) is 0 Å². The van der Waals surface area contributed by atoms with Crippen LogP contribution in [0.2, 0.25) is 0 Å². The molecule has 3 unspecified atom stereocenters. The number of carbonyl (C=O) groups is 1. The summed E-state index contributed by atoms with van der Waals surface area (Å²) in [6, 6.07) is 4.83. The van der Waals surface area contributed by atoms with E-state index in [4.69, 9.17) is 4.98 Å². The minimum Gasteiger partial charge on any atom is -0.353 e. The molecule has 2 aliphatic carbocycles. The van der Waals surface area contributed by atoms with Crippen molar-refractivity contribution in [2.24, 2.45) is 11.8 Å². The van der Waals surface area contributed by atoms with Gasteiger partial charge in [0.2, 0.25) is 0 Å². The highest BCUT2D eigenvalue weighted by atomic mass is 16.1. The number of carbonyl (C=O) groups excluding carboxylic acids is 1. The molecular formula is C24H29N7O. The number of aromatic amines is 1. The van der Waals surface area contributed by atoms with Crippen LogP contribution in [0.15, 0.2) is 24.5 Å². The summed E-state index contributed by atoms with van der Waals surface area (Å²) in [5, 5.41) is 14.9. The highest BCUT2D eigenvalue weighted by molar-refractivity contribution is 5.94. The van der Waals surface area contributed by atoms with Crippen molar-refractivity contribution in [2.45, 2.75) is 58.7 Å². The van der Waals surface area contributed by atoms with Crippen molar-refractivity contribution in [3.63, 3.8) is 0 Å². The first-order chi connectivity index (χ1) is 15.5. The molecule has 2 N–H and O–H groups in total. The third kappa shape index (κ3) is 3.20. The van der Waals surface area contributed by atoms with E-state index in [0.717, 1.165) is 59.7 Å². The van der Waals surface area contributed by atoms with E-state index in [2.05, 4.69) is 51.5 Å². The molecule has 0 aromatic carbocycles. The van der Waals surface area contributed by atoms with Gasteiger partial charge in [0.1, 0.15) is 5.82 Å². The summed E-state index contributed by atoms with van der Waals surface area (Å²) in [5.74, 6) is 2.70. The van der Waals surface area contributed by atoms with Crippen LogP contribution < -0.4 is 10.2 Å². The van der Waals surface area contributed by atoms with Gasteiger partial charge in [-0.15, -0.1) is 0 Å². The number of amides is 1. The first kappa shape index (κ1) is 19.5. The average Bonchev–Trinajstić information content (AvgIpc) is 3.11. The third-order valence-corrected chi connectivity index (χ3v) is 7.65. The largest absolute Gasteiger partial charge is 0.353 e. The Hall–Kier alpha value is -3.16. The van der Waals surface area contributed by atoms with Gasteiger partial charge >= 0.3 is 0 Å². The summed E-state index contributed by atoms with van der Waals surface area (Å²) in [5.41, 5.74) is 6.00. The molecule has 1 saturated carbocycles. The van der Waals surface area contributed by atoms with Gasteiger partial charge in [0.25, 0.3) is 5.91 Å². The van der Waals surface area contributed by atoms with Crippen LogP contribution in [-0.4, -0.2) is 43.5 Å². The molecule has 1 aliphatic heterocycles. The van der Waals surface area contributed by atoms with E-state index in [1.165, 1.54) is 12.0 Å². The number of aromatic nitrogens is 5. The number of H-pyrrole nitrogens is 1. The Balaban J connectivity index is 1.12. The second-order valence-corrected chi connectivity index (χ2v) is 9.67. The number of nitrogens with zero attached hydrogens (tertiary/aromatic N) is 5. The fourth-order valence-corrected chi connectivity index (χ4v) is 5.55. The summed E-state index contributed by atoms with van der Waals surface area (Å²) < 4.78 is 1.81. The molecule has 0 spiro atoms. The summed E-state index contributed by atoms with van der Waals surface area (Å²) >= 11 is 0. The zero-order valence-corrected chi connectivity index (χ0v) is 18.8. The van der Waals surface area contributed by atoms with Gasteiger partial charge < -0.3 is 10.2 Å². The lowest BCUT2D eigenvalue weighted by atomic mass is 10.2. The predicted octanol–water partition coefficient (Wildman–Crippen LogP) is 2.93. The van der Waals surface area contributed by atoms with Gasteiger partial charge in [0.05, 0.1) is 30.0 Å². The highest BCUT2D eigenvalue weighted by Gasteiger charge is 2.50. The number of nitrogens with one attached hydrogen (secondary N) is 2. The number of hydrogen-bond donors (Lipinski definition) is 2.